The standard InChI is InChI=1S/C12H14N4O/c1-9(2)13-12(17)11-8-16(15-14-11)10-6-4-3-5-7-10/h3-9H,1-2H3,(H,13,17). The maximum atomic E-state index is 11.7. The first-order valence-electron chi connectivity index (χ1n) is 5.45. The summed E-state index contributed by atoms with van der Waals surface area (Å²) in [6.07, 6.45) is 1.62. The maximum Gasteiger partial charge on any atom is 0.273 e. The molecule has 0 bridgehead atoms. The minimum atomic E-state index is -0.206. The molecule has 2 aromatic rings. The van der Waals surface area contributed by atoms with Gasteiger partial charge in [0.05, 0.1) is 11.9 Å². The topological polar surface area (TPSA) is 59.8 Å². The number of hydrogen-bond acceptors (Lipinski definition) is 3. The van der Waals surface area contributed by atoms with Crippen molar-refractivity contribution in [3.05, 3.63) is 42.2 Å². The van der Waals surface area contributed by atoms with Crippen LogP contribution >= 0.6 is 0 Å². The van der Waals surface area contributed by atoms with Crippen molar-refractivity contribution in [3.63, 3.8) is 0 Å². The fourth-order valence-electron chi connectivity index (χ4n) is 1.41. The van der Waals surface area contributed by atoms with Crippen molar-refractivity contribution in [2.75, 3.05) is 0 Å². The Hall–Kier alpha value is -2.17. The summed E-state index contributed by atoms with van der Waals surface area (Å²) >= 11 is 0. The van der Waals surface area contributed by atoms with E-state index in [0.717, 1.165) is 5.69 Å². The van der Waals surface area contributed by atoms with Crippen LogP contribution in [0.3, 0.4) is 0 Å². The van der Waals surface area contributed by atoms with E-state index >= 15 is 0 Å². The van der Waals surface area contributed by atoms with Gasteiger partial charge in [-0.15, -0.1) is 5.10 Å². The molecule has 17 heavy (non-hydrogen) atoms. The Balaban J connectivity index is 2.19. The summed E-state index contributed by atoms with van der Waals surface area (Å²) in [6, 6.07) is 9.63. The van der Waals surface area contributed by atoms with Gasteiger partial charge in [0.15, 0.2) is 5.69 Å². The SMILES string of the molecule is CC(C)NC(=O)c1cn(-c2ccccc2)nn1. The molecule has 0 saturated heterocycles. The van der Waals surface area contributed by atoms with Crippen LogP contribution in [-0.4, -0.2) is 26.9 Å². The van der Waals surface area contributed by atoms with Crippen LogP contribution in [-0.2, 0) is 0 Å². The van der Waals surface area contributed by atoms with E-state index in [1.165, 1.54) is 0 Å². The average Bonchev–Trinajstić information content (AvgIpc) is 2.78. The Kier molecular flexibility index (Phi) is 3.18. The van der Waals surface area contributed by atoms with Gasteiger partial charge in [-0.2, -0.15) is 0 Å². The van der Waals surface area contributed by atoms with Crippen molar-refractivity contribution in [3.8, 4) is 5.69 Å². The summed E-state index contributed by atoms with van der Waals surface area (Å²) in [4.78, 5) is 11.7. The molecular formula is C12H14N4O. The highest BCUT2D eigenvalue weighted by atomic mass is 16.2. The van der Waals surface area contributed by atoms with Crippen molar-refractivity contribution >= 4 is 5.91 Å². The van der Waals surface area contributed by atoms with Gasteiger partial charge in [-0.25, -0.2) is 4.68 Å². The average molecular weight is 230 g/mol. The molecule has 88 valence electrons. The number of carbonyl (C=O) groups excluding carboxylic acids is 1. The van der Waals surface area contributed by atoms with E-state index in [-0.39, 0.29) is 11.9 Å². The second-order valence-corrected chi connectivity index (χ2v) is 4.01. The van der Waals surface area contributed by atoms with Gasteiger partial charge in [-0.05, 0) is 26.0 Å². The highest BCUT2D eigenvalue weighted by Crippen LogP contribution is 2.05. The Morgan fingerprint density at radius 2 is 2.00 bits per heavy atom. The van der Waals surface area contributed by atoms with Gasteiger partial charge in [0.25, 0.3) is 5.91 Å². The lowest BCUT2D eigenvalue weighted by molar-refractivity contribution is 0.0938. The van der Waals surface area contributed by atoms with E-state index < -0.39 is 0 Å². The summed E-state index contributed by atoms with van der Waals surface area (Å²) in [5.41, 5.74) is 1.20. The van der Waals surface area contributed by atoms with E-state index in [4.69, 9.17) is 0 Å². The summed E-state index contributed by atoms with van der Waals surface area (Å²) in [5, 5.41) is 10.5. The van der Waals surface area contributed by atoms with Gasteiger partial charge in [0.2, 0.25) is 0 Å². The van der Waals surface area contributed by atoms with Gasteiger partial charge < -0.3 is 5.32 Å². The number of nitrogens with one attached hydrogen (secondary N) is 1. The summed E-state index contributed by atoms with van der Waals surface area (Å²) in [6.45, 7) is 3.80. The van der Waals surface area contributed by atoms with Crippen LogP contribution in [0.5, 0.6) is 0 Å². The first-order valence-corrected chi connectivity index (χ1v) is 5.45. The lowest BCUT2D eigenvalue weighted by atomic mass is 10.3. The number of benzene rings is 1. The largest absolute Gasteiger partial charge is 0.348 e. The zero-order valence-electron chi connectivity index (χ0n) is 9.79. The van der Waals surface area contributed by atoms with Crippen LogP contribution in [0.25, 0.3) is 5.69 Å². The molecule has 5 nitrogen and oxygen atoms in total. The zero-order valence-corrected chi connectivity index (χ0v) is 9.79. The molecule has 0 radical (unpaired) electrons. The number of nitrogens with zero attached hydrogens (tertiary/aromatic N) is 3. The quantitative estimate of drug-likeness (QED) is 0.867. The van der Waals surface area contributed by atoms with E-state index in [1.807, 2.05) is 44.2 Å². The third kappa shape index (κ3) is 2.69. The van der Waals surface area contributed by atoms with E-state index in [0.29, 0.717) is 5.69 Å². The first-order chi connectivity index (χ1) is 8.16. The third-order valence-corrected chi connectivity index (χ3v) is 2.17. The zero-order chi connectivity index (χ0) is 12.3. The molecule has 0 spiro atoms. The predicted molar refractivity (Wildman–Crippen MR) is 64.0 cm³/mol. The summed E-state index contributed by atoms with van der Waals surface area (Å²) in [7, 11) is 0. The lowest BCUT2D eigenvalue weighted by Gasteiger charge is -2.04. The third-order valence-electron chi connectivity index (χ3n) is 2.17. The lowest BCUT2D eigenvalue weighted by Crippen LogP contribution is -2.30. The molecule has 0 aliphatic heterocycles. The van der Waals surface area contributed by atoms with Crippen molar-refractivity contribution < 1.29 is 4.79 Å². The number of hydrogen-bond donors (Lipinski definition) is 1. The Bertz CT molecular complexity index is 504. The molecule has 0 fully saturated rings. The van der Waals surface area contributed by atoms with Crippen LogP contribution in [0.4, 0.5) is 0 Å². The van der Waals surface area contributed by atoms with Crippen LogP contribution in [0.15, 0.2) is 36.5 Å². The minimum Gasteiger partial charge on any atom is -0.348 e. The molecule has 0 unspecified atom stereocenters. The predicted octanol–water partition coefficient (Wildman–Crippen LogP) is 1.41. The van der Waals surface area contributed by atoms with E-state index in [9.17, 15) is 4.79 Å². The second kappa shape index (κ2) is 4.78. The van der Waals surface area contributed by atoms with Crippen molar-refractivity contribution in [1.82, 2.24) is 20.3 Å². The van der Waals surface area contributed by atoms with Gasteiger partial charge >= 0.3 is 0 Å². The highest BCUT2D eigenvalue weighted by molar-refractivity contribution is 5.92. The van der Waals surface area contributed by atoms with Gasteiger partial charge in [0.1, 0.15) is 0 Å². The van der Waals surface area contributed by atoms with Gasteiger partial charge in [0, 0.05) is 6.04 Å². The molecule has 1 aromatic heterocycles. The molecule has 2 rings (SSSR count). The van der Waals surface area contributed by atoms with Gasteiger partial charge in [-0.3, -0.25) is 4.79 Å². The minimum absolute atomic E-state index is 0.0874. The normalized spacial score (nSPS) is 10.5. The number of carbonyl (C=O) groups is 1. The fourth-order valence-corrected chi connectivity index (χ4v) is 1.41. The summed E-state index contributed by atoms with van der Waals surface area (Å²) in [5.74, 6) is -0.206. The molecule has 0 atom stereocenters. The van der Waals surface area contributed by atoms with E-state index in [1.54, 1.807) is 10.9 Å². The molecular weight excluding hydrogens is 216 g/mol. The Labute approximate surface area is 99.5 Å². The monoisotopic (exact) mass is 230 g/mol. The maximum absolute atomic E-state index is 11.7. The van der Waals surface area contributed by atoms with Crippen molar-refractivity contribution in [1.29, 1.82) is 0 Å². The number of amides is 1. The molecule has 0 aliphatic carbocycles. The van der Waals surface area contributed by atoms with Crippen molar-refractivity contribution in [2.24, 2.45) is 0 Å². The number of aromatic nitrogens is 3. The smallest absolute Gasteiger partial charge is 0.273 e. The van der Waals surface area contributed by atoms with Crippen LogP contribution in [0.1, 0.15) is 24.3 Å². The Morgan fingerprint density at radius 3 is 2.65 bits per heavy atom. The first kappa shape index (κ1) is 11.3. The fraction of sp³-hybridized carbons (Fsp3) is 0.250. The molecule has 1 heterocycles. The highest BCUT2D eigenvalue weighted by Gasteiger charge is 2.11. The Morgan fingerprint density at radius 1 is 1.29 bits per heavy atom. The van der Waals surface area contributed by atoms with Gasteiger partial charge in [-0.1, -0.05) is 23.4 Å². The molecule has 5 heteroatoms. The molecule has 0 aliphatic rings. The van der Waals surface area contributed by atoms with E-state index in [2.05, 4.69) is 15.6 Å². The molecule has 1 amide bonds. The van der Waals surface area contributed by atoms with Crippen LogP contribution in [0.2, 0.25) is 0 Å². The van der Waals surface area contributed by atoms with Crippen LogP contribution in [0, 0.1) is 0 Å². The molecule has 1 N–H and O–H groups in total. The second-order valence-electron chi connectivity index (χ2n) is 4.01. The molecule has 1 aromatic carbocycles. The number of rotatable bonds is 3. The molecule has 0 saturated carbocycles. The number of para-hydroxylation sites is 1. The van der Waals surface area contributed by atoms with Crippen molar-refractivity contribution in [2.45, 2.75) is 19.9 Å². The van der Waals surface area contributed by atoms with Crippen LogP contribution < -0.4 is 5.32 Å². The summed E-state index contributed by atoms with van der Waals surface area (Å²) < 4.78 is 1.58.